The zero-order chi connectivity index (χ0) is 9.97. The van der Waals surface area contributed by atoms with Crippen molar-refractivity contribution in [2.45, 2.75) is 38.3 Å². The summed E-state index contributed by atoms with van der Waals surface area (Å²) in [6.07, 6.45) is 6.42. The van der Waals surface area contributed by atoms with Gasteiger partial charge in [0, 0.05) is 5.69 Å². The largest absolute Gasteiger partial charge is 0.332 e. The first-order chi connectivity index (χ1) is 6.81. The first-order valence-electron chi connectivity index (χ1n) is 4.99. The molecular weight excluding hydrogens is 176 g/mol. The van der Waals surface area contributed by atoms with Crippen molar-refractivity contribution in [2.24, 2.45) is 5.73 Å². The molecule has 74 valence electrons. The summed E-state index contributed by atoms with van der Waals surface area (Å²) in [4.78, 5) is 4.34. The minimum atomic E-state index is -0.421. The Hall–Kier alpha value is -1.34. The Bertz CT molecular complexity index is 361. The van der Waals surface area contributed by atoms with Gasteiger partial charge in [0.25, 0.3) is 0 Å². The van der Waals surface area contributed by atoms with Crippen LogP contribution in [0, 0.1) is 11.3 Å². The van der Waals surface area contributed by atoms with Crippen LogP contribution in [-0.4, -0.2) is 15.6 Å². The number of imidazole rings is 1. The van der Waals surface area contributed by atoms with Crippen molar-refractivity contribution >= 4 is 0 Å². The molecule has 0 saturated carbocycles. The molecule has 0 aromatic carbocycles. The topological polar surface area (TPSA) is 67.6 Å². The van der Waals surface area contributed by atoms with Crippen LogP contribution in [-0.2, 0) is 19.4 Å². The van der Waals surface area contributed by atoms with Crippen molar-refractivity contribution in [2.75, 3.05) is 0 Å². The zero-order valence-corrected chi connectivity index (χ0v) is 8.11. The molecule has 0 saturated heterocycles. The van der Waals surface area contributed by atoms with Crippen LogP contribution in [0.3, 0.4) is 0 Å². The van der Waals surface area contributed by atoms with Gasteiger partial charge in [-0.15, -0.1) is 0 Å². The fourth-order valence-electron chi connectivity index (χ4n) is 1.94. The molecule has 2 rings (SSSR count). The van der Waals surface area contributed by atoms with Gasteiger partial charge in [0.05, 0.1) is 24.6 Å². The van der Waals surface area contributed by atoms with Crippen LogP contribution in [0.2, 0.25) is 0 Å². The van der Waals surface area contributed by atoms with E-state index < -0.39 is 6.04 Å². The third-order valence-corrected chi connectivity index (χ3v) is 2.67. The van der Waals surface area contributed by atoms with Gasteiger partial charge in [-0.25, -0.2) is 4.98 Å². The van der Waals surface area contributed by atoms with Gasteiger partial charge in [0.2, 0.25) is 0 Å². The number of fused-ring (bicyclic) bond motifs is 1. The quantitative estimate of drug-likeness (QED) is 0.743. The van der Waals surface area contributed by atoms with E-state index in [1.807, 2.05) is 17.0 Å². The molecule has 1 unspecified atom stereocenters. The number of nitrogens with two attached hydrogens (primary N) is 1. The molecule has 4 nitrogen and oxygen atoms in total. The van der Waals surface area contributed by atoms with Gasteiger partial charge in [-0.3, -0.25) is 0 Å². The molecule has 0 fully saturated rings. The average molecular weight is 190 g/mol. The highest BCUT2D eigenvalue weighted by atomic mass is 15.1. The van der Waals surface area contributed by atoms with Crippen LogP contribution < -0.4 is 5.73 Å². The molecule has 1 aromatic rings. The van der Waals surface area contributed by atoms with Crippen molar-refractivity contribution in [3.05, 3.63) is 17.7 Å². The predicted molar refractivity (Wildman–Crippen MR) is 52.5 cm³/mol. The van der Waals surface area contributed by atoms with E-state index in [0.29, 0.717) is 6.54 Å². The Morgan fingerprint density at radius 1 is 1.57 bits per heavy atom. The first kappa shape index (κ1) is 9.22. The van der Waals surface area contributed by atoms with Crippen LogP contribution in [0.4, 0.5) is 0 Å². The van der Waals surface area contributed by atoms with E-state index in [0.717, 1.165) is 12.8 Å². The van der Waals surface area contributed by atoms with Gasteiger partial charge in [-0.1, -0.05) is 0 Å². The fourth-order valence-corrected chi connectivity index (χ4v) is 1.94. The number of nitrogens with zero attached hydrogens (tertiary/aromatic N) is 3. The van der Waals surface area contributed by atoms with E-state index in [1.165, 1.54) is 24.2 Å². The molecule has 1 aliphatic carbocycles. The lowest BCUT2D eigenvalue weighted by atomic mass is 10.0. The molecule has 4 heteroatoms. The fraction of sp³-hybridized carbons (Fsp3) is 0.600. The molecule has 1 aromatic heterocycles. The summed E-state index contributed by atoms with van der Waals surface area (Å²) in [5.41, 5.74) is 8.06. The normalized spacial score (nSPS) is 17.1. The Morgan fingerprint density at radius 3 is 3.14 bits per heavy atom. The summed E-state index contributed by atoms with van der Waals surface area (Å²) in [5.74, 6) is 0. The summed E-state index contributed by atoms with van der Waals surface area (Å²) in [6.45, 7) is 0.568. The van der Waals surface area contributed by atoms with Crippen molar-refractivity contribution in [3.8, 4) is 6.07 Å². The highest BCUT2D eigenvalue weighted by molar-refractivity contribution is 5.16. The van der Waals surface area contributed by atoms with Gasteiger partial charge < -0.3 is 10.3 Å². The van der Waals surface area contributed by atoms with Crippen molar-refractivity contribution in [1.82, 2.24) is 9.55 Å². The van der Waals surface area contributed by atoms with E-state index in [1.54, 1.807) is 0 Å². The van der Waals surface area contributed by atoms with Gasteiger partial charge in [0.1, 0.15) is 6.04 Å². The monoisotopic (exact) mass is 190 g/mol. The van der Waals surface area contributed by atoms with E-state index >= 15 is 0 Å². The number of hydrogen-bond donors (Lipinski definition) is 1. The molecule has 0 radical (unpaired) electrons. The van der Waals surface area contributed by atoms with Gasteiger partial charge >= 0.3 is 0 Å². The summed E-state index contributed by atoms with van der Waals surface area (Å²) < 4.78 is 2.03. The lowest BCUT2D eigenvalue weighted by Gasteiger charge is -2.14. The molecule has 1 atom stereocenters. The molecule has 14 heavy (non-hydrogen) atoms. The minimum Gasteiger partial charge on any atom is -0.332 e. The summed E-state index contributed by atoms with van der Waals surface area (Å²) in [6, 6.07) is 1.62. The van der Waals surface area contributed by atoms with Crippen LogP contribution in [0.1, 0.15) is 24.2 Å². The maximum atomic E-state index is 8.63. The maximum absolute atomic E-state index is 8.63. The van der Waals surface area contributed by atoms with Crippen molar-refractivity contribution < 1.29 is 0 Å². The lowest BCUT2D eigenvalue weighted by Crippen LogP contribution is -2.25. The second-order valence-corrected chi connectivity index (χ2v) is 3.73. The summed E-state index contributed by atoms with van der Waals surface area (Å²) >= 11 is 0. The van der Waals surface area contributed by atoms with Crippen LogP contribution in [0.25, 0.3) is 0 Å². The van der Waals surface area contributed by atoms with E-state index in [9.17, 15) is 0 Å². The number of hydrogen-bond acceptors (Lipinski definition) is 3. The first-order valence-corrected chi connectivity index (χ1v) is 4.99. The number of rotatable bonds is 2. The second-order valence-electron chi connectivity index (χ2n) is 3.73. The van der Waals surface area contributed by atoms with Gasteiger partial charge in [0.15, 0.2) is 0 Å². The van der Waals surface area contributed by atoms with Crippen LogP contribution >= 0.6 is 0 Å². The predicted octanol–water partition coefficient (Wildman–Crippen LogP) is 0.613. The van der Waals surface area contributed by atoms with Crippen LogP contribution in [0.5, 0.6) is 0 Å². The lowest BCUT2D eigenvalue weighted by molar-refractivity contribution is 0.578. The molecule has 1 aliphatic rings. The standard InChI is InChI=1S/C10H14N4/c11-5-8(12)6-14-7-13-9-3-1-2-4-10(9)14/h7-8H,1-4,6,12H2. The SMILES string of the molecule is N#CC(N)Cn1cnc2c1CCCC2. The van der Waals surface area contributed by atoms with E-state index in [4.69, 9.17) is 11.0 Å². The third-order valence-electron chi connectivity index (χ3n) is 2.67. The highest BCUT2D eigenvalue weighted by Crippen LogP contribution is 2.19. The molecule has 1 heterocycles. The van der Waals surface area contributed by atoms with Gasteiger partial charge in [-0.2, -0.15) is 5.26 Å². The van der Waals surface area contributed by atoms with Gasteiger partial charge in [-0.05, 0) is 25.7 Å². The second kappa shape index (κ2) is 3.81. The number of aromatic nitrogens is 2. The summed E-state index contributed by atoms with van der Waals surface area (Å²) in [7, 11) is 0. The van der Waals surface area contributed by atoms with Crippen molar-refractivity contribution in [3.63, 3.8) is 0 Å². The third kappa shape index (κ3) is 1.64. The van der Waals surface area contributed by atoms with Crippen molar-refractivity contribution in [1.29, 1.82) is 5.26 Å². The Labute approximate surface area is 83.4 Å². The minimum absolute atomic E-state index is 0.421. The highest BCUT2D eigenvalue weighted by Gasteiger charge is 2.15. The smallest absolute Gasteiger partial charge is 0.111 e. The zero-order valence-electron chi connectivity index (χ0n) is 8.11. The average Bonchev–Trinajstić information content (AvgIpc) is 2.62. The van der Waals surface area contributed by atoms with E-state index in [-0.39, 0.29) is 0 Å². The van der Waals surface area contributed by atoms with Crippen LogP contribution in [0.15, 0.2) is 6.33 Å². The molecule has 2 N–H and O–H groups in total. The Balaban J connectivity index is 2.19. The Kier molecular flexibility index (Phi) is 2.51. The molecule has 0 bridgehead atoms. The summed E-state index contributed by atoms with van der Waals surface area (Å²) in [5, 5.41) is 8.63. The maximum Gasteiger partial charge on any atom is 0.111 e. The number of nitriles is 1. The molecular formula is C10H14N4. The molecule has 0 amide bonds. The molecule has 0 spiro atoms. The Morgan fingerprint density at radius 2 is 2.36 bits per heavy atom. The number of aryl methyl sites for hydroxylation is 1. The molecule has 0 aliphatic heterocycles. The van der Waals surface area contributed by atoms with E-state index in [2.05, 4.69) is 4.98 Å².